The fraction of sp³-hybridized carbons (Fsp3) is 0.500. The number of carbonyl (C=O) groups excluding carboxylic acids is 1. The third-order valence-corrected chi connectivity index (χ3v) is 6.68. The molecule has 3 fully saturated rings. The number of rotatable bonds is 2. The lowest BCUT2D eigenvalue weighted by Gasteiger charge is -2.56. The van der Waals surface area contributed by atoms with Gasteiger partial charge in [-0.3, -0.25) is 9.69 Å². The summed E-state index contributed by atoms with van der Waals surface area (Å²) in [6.07, 6.45) is 2.32. The number of benzene rings is 1. The highest BCUT2D eigenvalue weighted by molar-refractivity contribution is 7.20. The second-order valence-electron chi connectivity index (χ2n) is 7.22. The Morgan fingerprint density at radius 2 is 2.04 bits per heavy atom. The van der Waals surface area contributed by atoms with Crippen molar-refractivity contribution in [3.05, 3.63) is 35.0 Å². The maximum atomic E-state index is 13.3. The van der Waals surface area contributed by atoms with Crippen LogP contribution < -0.4 is 5.32 Å². The molecule has 4 heterocycles. The van der Waals surface area contributed by atoms with Gasteiger partial charge in [0.1, 0.15) is 5.82 Å². The Labute approximate surface area is 139 Å². The minimum absolute atomic E-state index is 0.000380. The number of nitrogens with one attached hydrogen (secondary N) is 1. The molecular formula is C18H21FN2OS. The summed E-state index contributed by atoms with van der Waals surface area (Å²) < 4.78 is 14.1. The van der Waals surface area contributed by atoms with Gasteiger partial charge < -0.3 is 5.32 Å². The molecule has 2 bridgehead atoms. The van der Waals surface area contributed by atoms with E-state index in [2.05, 4.69) is 24.1 Å². The number of thiophene rings is 1. The second kappa shape index (κ2) is 5.28. The minimum Gasteiger partial charge on any atom is -0.346 e. The zero-order valence-electron chi connectivity index (χ0n) is 13.4. The minimum atomic E-state index is -0.259. The van der Waals surface area contributed by atoms with Crippen molar-refractivity contribution in [2.45, 2.75) is 38.3 Å². The predicted octanol–water partition coefficient (Wildman–Crippen LogP) is 3.64. The summed E-state index contributed by atoms with van der Waals surface area (Å²) in [4.78, 5) is 15.9. The van der Waals surface area contributed by atoms with Crippen molar-refractivity contribution in [2.75, 3.05) is 13.1 Å². The topological polar surface area (TPSA) is 32.3 Å². The number of nitrogens with zero attached hydrogens (tertiary/aromatic N) is 1. The van der Waals surface area contributed by atoms with Crippen molar-refractivity contribution in [3.63, 3.8) is 0 Å². The fourth-order valence-electron chi connectivity index (χ4n) is 4.21. The summed E-state index contributed by atoms with van der Waals surface area (Å²) in [5, 5.41) is 4.19. The number of hydrogen-bond donors (Lipinski definition) is 1. The van der Waals surface area contributed by atoms with E-state index >= 15 is 0 Å². The SMILES string of the molecule is CC1(C)C(NC(=O)c2cc3ccc(F)cc3s2)C2CCN1CC2. The summed E-state index contributed by atoms with van der Waals surface area (Å²) in [5.74, 6) is 0.272. The smallest absolute Gasteiger partial charge is 0.261 e. The lowest BCUT2D eigenvalue weighted by atomic mass is 9.72. The third-order valence-electron chi connectivity index (χ3n) is 5.58. The number of fused-ring (bicyclic) bond motifs is 4. The first-order chi connectivity index (χ1) is 10.9. The molecule has 3 aliphatic heterocycles. The first kappa shape index (κ1) is 15.1. The van der Waals surface area contributed by atoms with E-state index in [4.69, 9.17) is 0 Å². The van der Waals surface area contributed by atoms with Gasteiger partial charge in [0.05, 0.1) is 4.88 Å². The van der Waals surface area contributed by atoms with Gasteiger partial charge in [-0.25, -0.2) is 4.39 Å². The first-order valence-electron chi connectivity index (χ1n) is 8.20. The van der Waals surface area contributed by atoms with Crippen LogP contribution in [0.5, 0.6) is 0 Å². The van der Waals surface area contributed by atoms with E-state index in [1.807, 2.05) is 6.07 Å². The van der Waals surface area contributed by atoms with Crippen molar-refractivity contribution in [1.29, 1.82) is 0 Å². The number of halogens is 1. The molecule has 1 atom stereocenters. The molecule has 3 saturated heterocycles. The quantitative estimate of drug-likeness (QED) is 0.910. The van der Waals surface area contributed by atoms with Crippen LogP contribution >= 0.6 is 11.3 Å². The van der Waals surface area contributed by atoms with Gasteiger partial charge in [-0.2, -0.15) is 0 Å². The maximum Gasteiger partial charge on any atom is 0.261 e. The van der Waals surface area contributed by atoms with Crippen LogP contribution in [0.15, 0.2) is 24.3 Å². The van der Waals surface area contributed by atoms with Gasteiger partial charge in [-0.05, 0) is 69.3 Å². The zero-order chi connectivity index (χ0) is 16.2. The third kappa shape index (κ3) is 2.46. The van der Waals surface area contributed by atoms with Gasteiger partial charge >= 0.3 is 0 Å². The van der Waals surface area contributed by atoms with Gasteiger partial charge in [-0.15, -0.1) is 11.3 Å². The lowest BCUT2D eigenvalue weighted by Crippen LogP contribution is -2.69. The van der Waals surface area contributed by atoms with Gasteiger partial charge in [0.2, 0.25) is 0 Å². The van der Waals surface area contributed by atoms with Crippen molar-refractivity contribution in [1.82, 2.24) is 10.2 Å². The summed E-state index contributed by atoms with van der Waals surface area (Å²) in [6, 6.07) is 6.71. The summed E-state index contributed by atoms with van der Waals surface area (Å²) in [5.41, 5.74) is -0.000380. The highest BCUT2D eigenvalue weighted by atomic mass is 32.1. The molecule has 1 aromatic carbocycles. The molecule has 1 N–H and O–H groups in total. The van der Waals surface area contributed by atoms with Crippen LogP contribution in [0.2, 0.25) is 0 Å². The van der Waals surface area contributed by atoms with Crippen LogP contribution in [0.3, 0.4) is 0 Å². The molecule has 122 valence electrons. The second-order valence-corrected chi connectivity index (χ2v) is 8.31. The average Bonchev–Trinajstić information content (AvgIpc) is 2.94. The Bertz CT molecular complexity index is 761. The molecule has 0 radical (unpaired) electrons. The molecule has 5 rings (SSSR count). The summed E-state index contributed by atoms with van der Waals surface area (Å²) in [6.45, 7) is 6.71. The largest absolute Gasteiger partial charge is 0.346 e. The molecule has 1 unspecified atom stereocenters. The van der Waals surface area contributed by atoms with Gasteiger partial charge in [-0.1, -0.05) is 6.07 Å². The van der Waals surface area contributed by atoms with Gasteiger partial charge in [0.15, 0.2) is 0 Å². The van der Waals surface area contributed by atoms with E-state index in [-0.39, 0.29) is 23.3 Å². The van der Waals surface area contributed by atoms with Crippen LogP contribution in [-0.4, -0.2) is 35.5 Å². The van der Waals surface area contributed by atoms with E-state index < -0.39 is 0 Å². The van der Waals surface area contributed by atoms with Crippen LogP contribution in [0, 0.1) is 11.7 Å². The van der Waals surface area contributed by atoms with Gasteiger partial charge in [0, 0.05) is 16.3 Å². The Balaban J connectivity index is 1.59. The number of hydrogen-bond acceptors (Lipinski definition) is 3. The molecule has 2 aromatic rings. The molecule has 3 nitrogen and oxygen atoms in total. The Hall–Kier alpha value is -1.46. The average molecular weight is 332 g/mol. The molecule has 3 aliphatic rings. The van der Waals surface area contributed by atoms with Crippen LogP contribution in [0.1, 0.15) is 36.4 Å². The Kier molecular flexibility index (Phi) is 3.46. The highest BCUT2D eigenvalue weighted by Crippen LogP contribution is 2.39. The maximum absolute atomic E-state index is 13.3. The Morgan fingerprint density at radius 1 is 1.30 bits per heavy atom. The fourth-order valence-corrected chi connectivity index (χ4v) is 5.20. The molecule has 0 aliphatic carbocycles. The van der Waals surface area contributed by atoms with E-state index in [0.717, 1.165) is 36.0 Å². The van der Waals surface area contributed by atoms with E-state index in [1.54, 1.807) is 6.07 Å². The monoisotopic (exact) mass is 332 g/mol. The molecule has 0 saturated carbocycles. The van der Waals surface area contributed by atoms with Gasteiger partial charge in [0.25, 0.3) is 5.91 Å². The summed E-state index contributed by atoms with van der Waals surface area (Å²) in [7, 11) is 0. The molecule has 23 heavy (non-hydrogen) atoms. The van der Waals surface area contributed by atoms with Crippen molar-refractivity contribution < 1.29 is 9.18 Å². The van der Waals surface area contributed by atoms with Crippen LogP contribution in [-0.2, 0) is 0 Å². The van der Waals surface area contributed by atoms with Crippen molar-refractivity contribution in [3.8, 4) is 0 Å². The first-order valence-corrected chi connectivity index (χ1v) is 9.02. The van der Waals surface area contributed by atoms with Crippen LogP contribution in [0.4, 0.5) is 4.39 Å². The Morgan fingerprint density at radius 3 is 2.74 bits per heavy atom. The molecule has 1 aromatic heterocycles. The molecule has 5 heteroatoms. The number of carbonyl (C=O) groups is 1. The lowest BCUT2D eigenvalue weighted by molar-refractivity contribution is -0.0377. The molecule has 1 amide bonds. The predicted molar refractivity (Wildman–Crippen MR) is 91.4 cm³/mol. The standard InChI is InChI=1S/C18H21FN2OS/c1-18(2)16(11-5-7-21(18)8-6-11)20-17(22)15-9-12-3-4-13(19)10-14(12)23-15/h3-4,9-11,16H,5-8H2,1-2H3,(H,20,22). The summed E-state index contributed by atoms with van der Waals surface area (Å²) >= 11 is 1.36. The van der Waals surface area contributed by atoms with E-state index in [1.165, 1.54) is 23.5 Å². The van der Waals surface area contributed by atoms with E-state index in [0.29, 0.717) is 10.8 Å². The normalized spacial score (nSPS) is 28.9. The molecular weight excluding hydrogens is 311 g/mol. The van der Waals surface area contributed by atoms with E-state index in [9.17, 15) is 9.18 Å². The zero-order valence-corrected chi connectivity index (χ0v) is 14.3. The molecule has 0 spiro atoms. The number of piperidine rings is 3. The number of amides is 1. The highest BCUT2D eigenvalue weighted by Gasteiger charge is 2.48. The van der Waals surface area contributed by atoms with Crippen molar-refractivity contribution in [2.24, 2.45) is 5.92 Å². The van der Waals surface area contributed by atoms with Crippen molar-refractivity contribution >= 4 is 27.3 Å². The van der Waals surface area contributed by atoms with Crippen LogP contribution in [0.25, 0.3) is 10.1 Å².